The molecule has 3 heterocycles. The molecule has 36 heavy (non-hydrogen) atoms. The van der Waals surface area contributed by atoms with E-state index in [-0.39, 0.29) is 18.0 Å². The van der Waals surface area contributed by atoms with Crippen LogP contribution < -0.4 is 4.74 Å². The number of nitrogens with zero attached hydrogens (tertiary/aromatic N) is 3. The lowest BCUT2D eigenvalue weighted by Gasteiger charge is -2.46. The van der Waals surface area contributed by atoms with Crippen molar-refractivity contribution >= 4 is 22.8 Å². The number of ether oxygens (including phenoxy) is 2. The van der Waals surface area contributed by atoms with E-state index in [9.17, 15) is 9.59 Å². The highest BCUT2D eigenvalue weighted by atomic mass is 19.1. The largest absolute Gasteiger partial charge is 0.474 e. The van der Waals surface area contributed by atoms with E-state index < -0.39 is 11.2 Å². The number of benzene rings is 1. The molecule has 0 amide bonds. The maximum absolute atomic E-state index is 15.3. The second-order valence-corrected chi connectivity index (χ2v) is 9.69. The predicted octanol–water partition coefficient (Wildman–Crippen LogP) is 3.53. The standard InChI is InChI=1S/C27H29FN4O4/c1-17-15-32(10-11-35-17)20(16-33)7-6-19-4-3-5-22(28)26(19)27(18(2)34)12-21(13-27)36-25-9-8-23-24(30-25)14-29-31-23/h3-5,8-9,14,17,21H,6-7,10-13,15H2,1-2H3,(H,29,31). The molecule has 5 rings (SSSR count). The van der Waals surface area contributed by atoms with Crippen molar-refractivity contribution in [1.29, 1.82) is 0 Å². The Morgan fingerprint density at radius 3 is 2.92 bits per heavy atom. The topological polar surface area (TPSA) is 97.4 Å². The van der Waals surface area contributed by atoms with E-state index in [1.54, 1.807) is 18.3 Å². The van der Waals surface area contributed by atoms with Gasteiger partial charge in [-0.15, -0.1) is 0 Å². The summed E-state index contributed by atoms with van der Waals surface area (Å²) in [5.41, 5.74) is 2.22. The number of aryl methyl sites for hydroxylation is 1. The number of pyridine rings is 1. The lowest BCUT2D eigenvalue weighted by molar-refractivity contribution is -0.129. The summed E-state index contributed by atoms with van der Waals surface area (Å²) in [5.74, 6) is 2.01. The molecular weight excluding hydrogens is 463 g/mol. The normalized spacial score (nSPS) is 23.7. The third kappa shape index (κ3) is 4.52. The number of carbonyl (C=O) groups excluding carboxylic acids is 2. The van der Waals surface area contributed by atoms with Crippen LogP contribution in [0.25, 0.3) is 11.0 Å². The van der Waals surface area contributed by atoms with Crippen LogP contribution in [-0.2, 0) is 26.2 Å². The number of halogens is 1. The molecule has 1 saturated heterocycles. The fraction of sp³-hybridized carbons (Fsp3) is 0.444. The van der Waals surface area contributed by atoms with Crippen LogP contribution in [0.1, 0.15) is 44.2 Å². The van der Waals surface area contributed by atoms with Gasteiger partial charge in [-0.1, -0.05) is 12.1 Å². The van der Waals surface area contributed by atoms with E-state index in [0.717, 1.165) is 11.1 Å². The summed E-state index contributed by atoms with van der Waals surface area (Å²) in [6.07, 6.45) is 2.95. The molecule has 0 spiro atoms. The summed E-state index contributed by atoms with van der Waals surface area (Å²) < 4.78 is 26.9. The van der Waals surface area contributed by atoms with Crippen molar-refractivity contribution in [3.8, 4) is 5.88 Å². The molecule has 2 aliphatic rings. The number of carbonyl (C=O) groups is 1. The molecule has 2 aromatic heterocycles. The van der Waals surface area contributed by atoms with Gasteiger partial charge < -0.3 is 14.4 Å². The lowest BCUT2D eigenvalue weighted by Crippen LogP contribution is -2.53. The first-order valence-corrected chi connectivity index (χ1v) is 12.3. The molecule has 1 atom stereocenters. The number of H-pyrrole nitrogens is 1. The molecule has 9 heteroatoms. The summed E-state index contributed by atoms with van der Waals surface area (Å²) in [4.78, 5) is 31.1. The number of rotatable bonds is 8. The number of nitrogens with one attached hydrogen (secondary N) is 1. The molecule has 0 bridgehead atoms. The Morgan fingerprint density at radius 2 is 2.17 bits per heavy atom. The van der Waals surface area contributed by atoms with Gasteiger partial charge in [-0.25, -0.2) is 14.2 Å². The summed E-state index contributed by atoms with van der Waals surface area (Å²) in [7, 11) is 0. The van der Waals surface area contributed by atoms with Gasteiger partial charge in [0.05, 0.1) is 35.5 Å². The lowest BCUT2D eigenvalue weighted by atomic mass is 9.59. The van der Waals surface area contributed by atoms with Gasteiger partial charge in [0.1, 0.15) is 29.2 Å². The van der Waals surface area contributed by atoms with E-state index in [0.29, 0.717) is 68.0 Å². The van der Waals surface area contributed by atoms with Crippen molar-refractivity contribution in [2.24, 2.45) is 0 Å². The summed E-state index contributed by atoms with van der Waals surface area (Å²) in [5, 5.41) is 6.81. The maximum Gasteiger partial charge on any atom is 0.214 e. The second kappa shape index (κ2) is 9.84. The minimum atomic E-state index is -0.969. The van der Waals surface area contributed by atoms with E-state index >= 15 is 4.39 Å². The van der Waals surface area contributed by atoms with Crippen LogP contribution in [0.3, 0.4) is 0 Å². The number of ketones is 1. The minimum absolute atomic E-state index is 0.0310. The Hall–Kier alpha value is -3.55. The fourth-order valence-corrected chi connectivity index (χ4v) is 5.42. The van der Waals surface area contributed by atoms with Crippen molar-refractivity contribution in [3.05, 3.63) is 59.2 Å². The zero-order valence-corrected chi connectivity index (χ0v) is 20.4. The highest BCUT2D eigenvalue weighted by Gasteiger charge is 2.53. The number of fused-ring (bicyclic) bond motifs is 1. The number of hydrogen-bond acceptors (Lipinski definition) is 7. The van der Waals surface area contributed by atoms with Gasteiger partial charge in [0.2, 0.25) is 5.88 Å². The van der Waals surface area contributed by atoms with Gasteiger partial charge in [-0.05, 0) is 38.0 Å². The van der Waals surface area contributed by atoms with Gasteiger partial charge in [0.15, 0.2) is 0 Å². The smallest absolute Gasteiger partial charge is 0.214 e. The molecular formula is C27H29FN4O4. The van der Waals surface area contributed by atoms with Crippen LogP contribution in [0, 0.1) is 5.82 Å². The molecule has 1 unspecified atom stereocenters. The average molecular weight is 493 g/mol. The van der Waals surface area contributed by atoms with Gasteiger partial charge in [-0.3, -0.25) is 9.89 Å². The molecule has 2 fully saturated rings. The summed E-state index contributed by atoms with van der Waals surface area (Å²) in [6, 6.07) is 8.48. The van der Waals surface area contributed by atoms with Crippen LogP contribution in [-0.4, -0.2) is 63.7 Å². The van der Waals surface area contributed by atoms with Crippen molar-refractivity contribution in [3.63, 3.8) is 0 Å². The van der Waals surface area contributed by atoms with Crippen molar-refractivity contribution < 1.29 is 23.5 Å². The third-order valence-electron chi connectivity index (χ3n) is 7.33. The monoisotopic (exact) mass is 492 g/mol. The Balaban J connectivity index is 1.34. The molecule has 1 aliphatic heterocycles. The molecule has 188 valence electrons. The Kier molecular flexibility index (Phi) is 6.60. The SMILES string of the molecule is CC(=O)C1(c2c(F)cccc2CCC(=C=O)N2CCOC(C)C2)CC(Oc2ccc3[nH]ncc3n2)C1. The summed E-state index contributed by atoms with van der Waals surface area (Å²) in [6.45, 7) is 5.27. The maximum atomic E-state index is 15.3. The Labute approximate surface area is 208 Å². The zero-order valence-electron chi connectivity index (χ0n) is 20.4. The number of hydrogen-bond donors (Lipinski definition) is 1. The van der Waals surface area contributed by atoms with Crippen LogP contribution in [0.15, 0.2) is 42.2 Å². The van der Waals surface area contributed by atoms with Crippen LogP contribution in [0.2, 0.25) is 0 Å². The third-order valence-corrected chi connectivity index (χ3v) is 7.33. The first-order valence-electron chi connectivity index (χ1n) is 12.3. The van der Waals surface area contributed by atoms with Gasteiger partial charge >= 0.3 is 0 Å². The van der Waals surface area contributed by atoms with Gasteiger partial charge in [0, 0.05) is 44.0 Å². The highest BCUT2D eigenvalue weighted by Crippen LogP contribution is 2.48. The molecule has 8 nitrogen and oxygen atoms in total. The number of allylic oxidation sites excluding steroid dienone is 1. The van der Waals surface area contributed by atoms with E-state index in [4.69, 9.17) is 9.47 Å². The molecule has 1 aliphatic carbocycles. The van der Waals surface area contributed by atoms with Gasteiger partial charge in [-0.2, -0.15) is 5.10 Å². The van der Waals surface area contributed by atoms with Crippen LogP contribution >= 0.6 is 0 Å². The number of aromatic amines is 1. The minimum Gasteiger partial charge on any atom is -0.474 e. The molecule has 1 N–H and O–H groups in total. The first kappa shape index (κ1) is 24.2. The van der Waals surface area contributed by atoms with Crippen molar-refractivity contribution in [1.82, 2.24) is 20.1 Å². The predicted molar refractivity (Wildman–Crippen MR) is 131 cm³/mol. The van der Waals surface area contributed by atoms with Crippen molar-refractivity contribution in [2.75, 3.05) is 19.7 Å². The summed E-state index contributed by atoms with van der Waals surface area (Å²) >= 11 is 0. The number of aromatic nitrogens is 3. The Morgan fingerprint density at radius 1 is 1.33 bits per heavy atom. The molecule has 1 saturated carbocycles. The molecule has 1 aromatic carbocycles. The fourth-order valence-electron chi connectivity index (χ4n) is 5.42. The quantitative estimate of drug-likeness (QED) is 0.481. The van der Waals surface area contributed by atoms with E-state index in [1.807, 2.05) is 24.0 Å². The molecule has 3 aromatic rings. The van der Waals surface area contributed by atoms with E-state index in [2.05, 4.69) is 21.1 Å². The number of Topliss-reactive ketones (excluding diaryl/α,β-unsaturated/α-hetero) is 1. The number of morpholine rings is 1. The van der Waals surface area contributed by atoms with Crippen molar-refractivity contribution in [2.45, 2.75) is 57.2 Å². The average Bonchev–Trinajstić information content (AvgIpc) is 3.30. The second-order valence-electron chi connectivity index (χ2n) is 9.69. The van der Waals surface area contributed by atoms with E-state index in [1.165, 1.54) is 13.0 Å². The van der Waals surface area contributed by atoms with Crippen LogP contribution in [0.5, 0.6) is 5.88 Å². The zero-order chi connectivity index (χ0) is 25.3. The molecule has 0 radical (unpaired) electrons. The van der Waals surface area contributed by atoms with Crippen LogP contribution in [0.4, 0.5) is 4.39 Å². The Bertz CT molecular complexity index is 1330. The van der Waals surface area contributed by atoms with Gasteiger partial charge in [0.25, 0.3) is 0 Å². The first-order chi connectivity index (χ1) is 17.4. The highest BCUT2D eigenvalue weighted by molar-refractivity contribution is 5.90.